The highest BCUT2D eigenvalue weighted by atomic mass is 32.2. The van der Waals surface area contributed by atoms with Crippen LogP contribution in [-0.4, -0.2) is 17.4 Å². The first-order valence-corrected chi connectivity index (χ1v) is 9.96. The molecule has 5 nitrogen and oxygen atoms in total. The zero-order valence-electron chi connectivity index (χ0n) is 14.7. The van der Waals surface area contributed by atoms with Gasteiger partial charge in [-0.15, -0.1) is 0 Å². The maximum Gasteiger partial charge on any atom is 0.269 e. The lowest BCUT2D eigenvalue weighted by Crippen LogP contribution is -2.17. The van der Waals surface area contributed by atoms with Gasteiger partial charge in [0.05, 0.1) is 15.9 Å². The minimum absolute atomic E-state index is 0.0454. The highest BCUT2D eigenvalue weighted by molar-refractivity contribution is 7.90. The molecule has 0 saturated heterocycles. The van der Waals surface area contributed by atoms with E-state index in [0.29, 0.717) is 22.6 Å². The second kappa shape index (κ2) is 6.89. The Hall–Kier alpha value is -3.12. The molecule has 0 saturated carbocycles. The fraction of sp³-hybridized carbons (Fsp3) is 0.0952. The number of aryl methyl sites for hydroxylation is 1. The van der Waals surface area contributed by atoms with Crippen molar-refractivity contribution in [2.75, 3.05) is 0 Å². The summed E-state index contributed by atoms with van der Waals surface area (Å²) in [6, 6.07) is 23.2. The lowest BCUT2D eigenvalue weighted by molar-refractivity contribution is 0.295. The number of rotatable bonds is 5. The van der Waals surface area contributed by atoms with Gasteiger partial charge in [0.2, 0.25) is 0 Å². The molecule has 0 radical (unpaired) electrons. The van der Waals surface area contributed by atoms with Crippen molar-refractivity contribution >= 4 is 21.1 Å². The Labute approximate surface area is 157 Å². The number of nitrogens with zero attached hydrogens (tertiary/aromatic N) is 2. The lowest BCUT2D eigenvalue weighted by Gasteiger charge is -2.12. The van der Waals surface area contributed by atoms with Gasteiger partial charge in [-0.1, -0.05) is 48.0 Å². The third-order valence-electron chi connectivity index (χ3n) is 4.25. The predicted molar refractivity (Wildman–Crippen MR) is 104 cm³/mol. The van der Waals surface area contributed by atoms with E-state index in [-0.39, 0.29) is 11.5 Å². The van der Waals surface area contributed by atoms with Gasteiger partial charge in [0.15, 0.2) is 5.82 Å². The number of benzene rings is 3. The molecule has 0 unspecified atom stereocenters. The van der Waals surface area contributed by atoms with Gasteiger partial charge in [0.25, 0.3) is 10.0 Å². The first kappa shape index (κ1) is 17.3. The molecule has 6 heteroatoms. The van der Waals surface area contributed by atoms with E-state index in [2.05, 4.69) is 4.98 Å². The van der Waals surface area contributed by atoms with E-state index < -0.39 is 10.0 Å². The molecule has 0 atom stereocenters. The minimum Gasteiger partial charge on any atom is -0.486 e. The van der Waals surface area contributed by atoms with E-state index in [9.17, 15) is 8.42 Å². The van der Waals surface area contributed by atoms with E-state index in [1.54, 1.807) is 42.5 Å². The van der Waals surface area contributed by atoms with Crippen LogP contribution in [0.15, 0.2) is 83.8 Å². The van der Waals surface area contributed by atoms with Gasteiger partial charge in [-0.05, 0) is 43.3 Å². The van der Waals surface area contributed by atoms with Crippen LogP contribution < -0.4 is 4.74 Å². The van der Waals surface area contributed by atoms with Crippen molar-refractivity contribution in [3.63, 3.8) is 0 Å². The Morgan fingerprint density at radius 1 is 0.889 bits per heavy atom. The zero-order chi connectivity index (χ0) is 18.9. The second-order valence-electron chi connectivity index (χ2n) is 6.20. The summed E-state index contributed by atoms with van der Waals surface area (Å²) in [4.78, 5) is 4.72. The maximum absolute atomic E-state index is 13.3. The Kier molecular flexibility index (Phi) is 4.41. The monoisotopic (exact) mass is 378 g/mol. The van der Waals surface area contributed by atoms with Crippen molar-refractivity contribution in [1.82, 2.24) is 8.96 Å². The Morgan fingerprint density at radius 3 is 2.30 bits per heavy atom. The summed E-state index contributed by atoms with van der Waals surface area (Å²) in [6.45, 7) is 1.96. The van der Waals surface area contributed by atoms with Crippen LogP contribution in [0.1, 0.15) is 11.4 Å². The summed E-state index contributed by atoms with van der Waals surface area (Å²) >= 11 is 0. The second-order valence-corrected chi connectivity index (χ2v) is 7.99. The van der Waals surface area contributed by atoms with Crippen LogP contribution in [0.5, 0.6) is 5.75 Å². The van der Waals surface area contributed by atoms with Gasteiger partial charge < -0.3 is 4.74 Å². The van der Waals surface area contributed by atoms with E-state index in [1.807, 2.05) is 43.3 Å². The average Bonchev–Trinajstić information content (AvgIpc) is 3.07. The zero-order valence-corrected chi connectivity index (χ0v) is 15.6. The molecular weight excluding hydrogens is 360 g/mol. The molecule has 136 valence electrons. The summed E-state index contributed by atoms with van der Waals surface area (Å²) in [5, 5.41) is 0. The van der Waals surface area contributed by atoms with Crippen LogP contribution in [0.3, 0.4) is 0 Å². The van der Waals surface area contributed by atoms with E-state index in [0.717, 1.165) is 5.56 Å². The molecule has 4 aromatic rings. The first-order valence-electron chi connectivity index (χ1n) is 8.52. The molecule has 3 aromatic carbocycles. The average molecular weight is 378 g/mol. The molecule has 0 spiro atoms. The molecule has 0 aliphatic heterocycles. The van der Waals surface area contributed by atoms with Crippen molar-refractivity contribution in [3.05, 3.63) is 90.3 Å². The highest BCUT2D eigenvalue weighted by Crippen LogP contribution is 2.24. The van der Waals surface area contributed by atoms with Crippen molar-refractivity contribution in [2.24, 2.45) is 0 Å². The summed E-state index contributed by atoms with van der Waals surface area (Å²) in [5.74, 6) is 0.990. The fourth-order valence-electron chi connectivity index (χ4n) is 2.89. The molecule has 4 rings (SSSR count). The van der Waals surface area contributed by atoms with Gasteiger partial charge >= 0.3 is 0 Å². The van der Waals surface area contributed by atoms with Crippen LogP contribution >= 0.6 is 0 Å². The molecular formula is C21H18N2O3S. The Balaban J connectivity index is 1.81. The van der Waals surface area contributed by atoms with Crippen LogP contribution in [0, 0.1) is 6.92 Å². The Bertz CT molecular complexity index is 1180. The Morgan fingerprint density at radius 2 is 1.56 bits per heavy atom. The van der Waals surface area contributed by atoms with E-state index in [4.69, 9.17) is 4.74 Å². The summed E-state index contributed by atoms with van der Waals surface area (Å²) in [5.41, 5.74) is 2.14. The smallest absolute Gasteiger partial charge is 0.269 e. The van der Waals surface area contributed by atoms with Gasteiger partial charge in [-0.2, -0.15) is 0 Å². The summed E-state index contributed by atoms with van der Waals surface area (Å²) in [6.07, 6.45) is 0. The molecule has 0 amide bonds. The molecule has 0 fully saturated rings. The molecule has 1 aromatic heterocycles. The fourth-order valence-corrected chi connectivity index (χ4v) is 4.37. The van der Waals surface area contributed by atoms with Crippen molar-refractivity contribution < 1.29 is 13.2 Å². The molecule has 0 N–H and O–H groups in total. The SMILES string of the molecule is Cc1ccc(S(=O)(=O)n2c(COc3ccccc3)nc3ccccc32)cc1. The van der Waals surface area contributed by atoms with Gasteiger partial charge in [0, 0.05) is 0 Å². The quantitative estimate of drug-likeness (QED) is 0.523. The number of hydrogen-bond acceptors (Lipinski definition) is 4. The molecule has 0 aliphatic rings. The predicted octanol–water partition coefficient (Wildman–Crippen LogP) is 4.16. The third-order valence-corrected chi connectivity index (χ3v) is 6.01. The molecule has 1 heterocycles. The number of fused-ring (bicyclic) bond motifs is 1. The molecule has 0 aliphatic carbocycles. The lowest BCUT2D eigenvalue weighted by atomic mass is 10.2. The van der Waals surface area contributed by atoms with Crippen molar-refractivity contribution in [3.8, 4) is 5.75 Å². The highest BCUT2D eigenvalue weighted by Gasteiger charge is 2.24. The van der Waals surface area contributed by atoms with Gasteiger partial charge in [-0.3, -0.25) is 0 Å². The third kappa shape index (κ3) is 3.31. The number of hydrogen-bond donors (Lipinski definition) is 0. The number of imidazole rings is 1. The van der Waals surface area contributed by atoms with Crippen LogP contribution in [0.4, 0.5) is 0 Å². The van der Waals surface area contributed by atoms with Crippen molar-refractivity contribution in [1.29, 1.82) is 0 Å². The maximum atomic E-state index is 13.3. The number of ether oxygens (including phenoxy) is 1. The standard InChI is InChI=1S/C21H18N2O3S/c1-16-11-13-18(14-12-16)27(24,25)23-20-10-6-5-9-19(20)22-21(23)15-26-17-7-3-2-4-8-17/h2-14H,15H2,1H3. The number of para-hydroxylation sites is 3. The normalized spacial score (nSPS) is 11.6. The van der Waals surface area contributed by atoms with Crippen molar-refractivity contribution in [2.45, 2.75) is 18.4 Å². The van der Waals surface area contributed by atoms with Gasteiger partial charge in [-0.25, -0.2) is 17.4 Å². The first-order chi connectivity index (χ1) is 13.1. The van der Waals surface area contributed by atoms with Crippen LogP contribution in [0.25, 0.3) is 11.0 Å². The summed E-state index contributed by atoms with van der Waals surface area (Å²) in [7, 11) is -3.80. The topological polar surface area (TPSA) is 61.2 Å². The number of aromatic nitrogens is 2. The van der Waals surface area contributed by atoms with E-state index in [1.165, 1.54) is 3.97 Å². The molecule has 0 bridgehead atoms. The largest absolute Gasteiger partial charge is 0.486 e. The minimum atomic E-state index is -3.80. The van der Waals surface area contributed by atoms with Gasteiger partial charge in [0.1, 0.15) is 12.4 Å². The van der Waals surface area contributed by atoms with Crippen LogP contribution in [0.2, 0.25) is 0 Å². The van der Waals surface area contributed by atoms with Crippen LogP contribution in [-0.2, 0) is 16.6 Å². The summed E-state index contributed by atoms with van der Waals surface area (Å²) < 4.78 is 33.7. The van der Waals surface area contributed by atoms with E-state index >= 15 is 0 Å². The molecule has 27 heavy (non-hydrogen) atoms.